The Morgan fingerprint density at radius 2 is 2.10 bits per heavy atom. The molecule has 1 saturated carbocycles. The van der Waals surface area contributed by atoms with E-state index in [1.807, 2.05) is 13.0 Å². The van der Waals surface area contributed by atoms with Gasteiger partial charge in [0.05, 0.1) is 29.4 Å². The lowest BCUT2D eigenvalue weighted by atomic mass is 9.93. The summed E-state index contributed by atoms with van der Waals surface area (Å²) in [5.41, 5.74) is 0.789. The Morgan fingerprint density at radius 3 is 2.80 bits per heavy atom. The quantitative estimate of drug-likeness (QED) is 0.637. The Kier molecular flexibility index (Phi) is 5.39. The van der Waals surface area contributed by atoms with Gasteiger partial charge in [0.15, 0.2) is 5.75 Å². The first-order valence-corrected chi connectivity index (χ1v) is 9.87. The number of ether oxygens (including phenoxy) is 1. The van der Waals surface area contributed by atoms with Crippen LogP contribution in [0.15, 0.2) is 48.8 Å². The van der Waals surface area contributed by atoms with Gasteiger partial charge in [0.25, 0.3) is 0 Å². The SMILES string of the molecule is Cc1ncc(OCC2(c3cccc(F)c3)CC2C(=O)Nc2ccc(Cl)cn2)c(C)n1. The Labute approximate surface area is 178 Å². The van der Waals surface area contributed by atoms with E-state index >= 15 is 0 Å². The molecule has 1 aliphatic carbocycles. The third kappa shape index (κ3) is 4.11. The fourth-order valence-electron chi connectivity index (χ4n) is 3.59. The largest absolute Gasteiger partial charge is 0.489 e. The summed E-state index contributed by atoms with van der Waals surface area (Å²) < 4.78 is 19.9. The van der Waals surface area contributed by atoms with Crippen LogP contribution < -0.4 is 10.1 Å². The van der Waals surface area contributed by atoms with Gasteiger partial charge in [-0.25, -0.2) is 19.3 Å². The number of hydrogen-bond donors (Lipinski definition) is 1. The number of amides is 1. The van der Waals surface area contributed by atoms with Crippen molar-refractivity contribution in [2.75, 3.05) is 11.9 Å². The van der Waals surface area contributed by atoms with Crippen LogP contribution in [-0.2, 0) is 10.2 Å². The second-order valence-electron chi connectivity index (χ2n) is 7.43. The third-order valence-electron chi connectivity index (χ3n) is 5.31. The first kappa shape index (κ1) is 20.2. The molecule has 1 N–H and O–H groups in total. The minimum atomic E-state index is -0.643. The molecular formula is C22H20ClFN4O2. The standard InChI is InChI=1S/C22H20ClFN4O2/c1-13-19(11-25-14(2)27-13)30-12-22(15-4-3-5-17(24)8-15)9-18(22)21(29)28-20-7-6-16(23)10-26-20/h3-8,10-11,18H,9,12H2,1-2H3,(H,26,28,29). The number of hydrogen-bond acceptors (Lipinski definition) is 5. The first-order chi connectivity index (χ1) is 14.4. The van der Waals surface area contributed by atoms with E-state index in [9.17, 15) is 9.18 Å². The van der Waals surface area contributed by atoms with Crippen molar-refractivity contribution in [3.8, 4) is 5.75 Å². The Bertz CT molecular complexity index is 1090. The van der Waals surface area contributed by atoms with Crippen LogP contribution in [0.5, 0.6) is 5.75 Å². The zero-order valence-electron chi connectivity index (χ0n) is 16.5. The van der Waals surface area contributed by atoms with Crippen molar-refractivity contribution < 1.29 is 13.9 Å². The molecule has 3 aromatic rings. The van der Waals surface area contributed by atoms with E-state index < -0.39 is 5.41 Å². The van der Waals surface area contributed by atoms with Gasteiger partial charge >= 0.3 is 0 Å². The highest BCUT2D eigenvalue weighted by Gasteiger charge is 2.60. The van der Waals surface area contributed by atoms with Crippen molar-refractivity contribution in [2.45, 2.75) is 25.7 Å². The van der Waals surface area contributed by atoms with Gasteiger partial charge in [0.1, 0.15) is 17.5 Å². The van der Waals surface area contributed by atoms with Crippen LogP contribution in [0, 0.1) is 25.6 Å². The number of aromatic nitrogens is 3. The fourth-order valence-corrected chi connectivity index (χ4v) is 3.70. The number of pyridine rings is 1. The Morgan fingerprint density at radius 1 is 1.27 bits per heavy atom. The predicted molar refractivity (Wildman–Crippen MR) is 111 cm³/mol. The number of nitrogens with zero attached hydrogens (tertiary/aromatic N) is 3. The summed E-state index contributed by atoms with van der Waals surface area (Å²) in [7, 11) is 0. The molecular weight excluding hydrogens is 407 g/mol. The van der Waals surface area contributed by atoms with Crippen LogP contribution in [0.4, 0.5) is 10.2 Å². The number of halogens is 2. The Hall–Kier alpha value is -3.06. The molecule has 2 unspecified atom stereocenters. The average Bonchev–Trinajstić information content (AvgIpc) is 3.45. The molecule has 30 heavy (non-hydrogen) atoms. The molecule has 2 heterocycles. The number of carbonyl (C=O) groups is 1. The van der Waals surface area contributed by atoms with Crippen LogP contribution in [0.1, 0.15) is 23.5 Å². The molecule has 1 fully saturated rings. The van der Waals surface area contributed by atoms with Crippen LogP contribution in [0.25, 0.3) is 0 Å². The van der Waals surface area contributed by atoms with E-state index in [1.165, 1.54) is 18.3 Å². The summed E-state index contributed by atoms with van der Waals surface area (Å²) in [6.45, 7) is 3.84. The zero-order chi connectivity index (χ0) is 21.3. The molecule has 2 atom stereocenters. The normalized spacial score (nSPS) is 19.9. The number of carbonyl (C=O) groups excluding carboxylic acids is 1. The van der Waals surface area contributed by atoms with Crippen molar-refractivity contribution in [3.63, 3.8) is 0 Å². The molecule has 154 valence electrons. The topological polar surface area (TPSA) is 77.0 Å². The van der Waals surface area contributed by atoms with E-state index in [-0.39, 0.29) is 24.2 Å². The minimum absolute atomic E-state index is 0.199. The van der Waals surface area contributed by atoms with E-state index in [2.05, 4.69) is 20.3 Å². The summed E-state index contributed by atoms with van der Waals surface area (Å²) in [5.74, 6) is 0.666. The van der Waals surface area contributed by atoms with Gasteiger partial charge in [-0.3, -0.25) is 4.79 Å². The van der Waals surface area contributed by atoms with Crippen LogP contribution in [0.2, 0.25) is 5.02 Å². The summed E-state index contributed by atoms with van der Waals surface area (Å²) in [6, 6.07) is 9.58. The highest BCUT2D eigenvalue weighted by Crippen LogP contribution is 2.55. The first-order valence-electron chi connectivity index (χ1n) is 9.49. The highest BCUT2D eigenvalue weighted by atomic mass is 35.5. The average molecular weight is 427 g/mol. The van der Waals surface area contributed by atoms with Gasteiger partial charge in [0.2, 0.25) is 5.91 Å². The summed E-state index contributed by atoms with van der Waals surface area (Å²) >= 11 is 5.85. The van der Waals surface area contributed by atoms with Crippen molar-refractivity contribution >= 4 is 23.3 Å². The molecule has 2 aromatic heterocycles. The van der Waals surface area contributed by atoms with Gasteiger partial charge in [-0.2, -0.15) is 0 Å². The molecule has 6 nitrogen and oxygen atoms in total. The van der Waals surface area contributed by atoms with Gasteiger partial charge in [-0.05, 0) is 50.1 Å². The van der Waals surface area contributed by atoms with Crippen molar-refractivity contribution in [1.29, 1.82) is 0 Å². The maximum Gasteiger partial charge on any atom is 0.229 e. The number of anilines is 1. The van der Waals surface area contributed by atoms with E-state index in [0.717, 1.165) is 5.56 Å². The molecule has 1 amide bonds. The number of nitrogens with one attached hydrogen (secondary N) is 1. The fraction of sp³-hybridized carbons (Fsp3) is 0.273. The number of benzene rings is 1. The second-order valence-corrected chi connectivity index (χ2v) is 7.87. The lowest BCUT2D eigenvalue weighted by Crippen LogP contribution is -2.27. The molecule has 0 spiro atoms. The summed E-state index contributed by atoms with van der Waals surface area (Å²) in [4.78, 5) is 25.5. The van der Waals surface area contributed by atoms with Crippen LogP contribution in [-0.4, -0.2) is 27.5 Å². The molecule has 8 heteroatoms. The van der Waals surface area contributed by atoms with Crippen molar-refractivity contribution in [3.05, 3.63) is 76.7 Å². The molecule has 1 aromatic carbocycles. The number of aryl methyl sites for hydroxylation is 2. The summed E-state index contributed by atoms with van der Waals surface area (Å²) in [5, 5.41) is 3.29. The third-order valence-corrected chi connectivity index (χ3v) is 5.53. The second kappa shape index (κ2) is 7.99. The van der Waals surface area contributed by atoms with Gasteiger partial charge in [-0.1, -0.05) is 23.7 Å². The van der Waals surface area contributed by atoms with E-state index in [4.69, 9.17) is 16.3 Å². The lowest BCUT2D eigenvalue weighted by molar-refractivity contribution is -0.117. The molecule has 0 bridgehead atoms. The Balaban J connectivity index is 1.56. The van der Waals surface area contributed by atoms with Crippen LogP contribution >= 0.6 is 11.6 Å². The zero-order valence-corrected chi connectivity index (χ0v) is 17.3. The van der Waals surface area contributed by atoms with Gasteiger partial charge in [-0.15, -0.1) is 0 Å². The van der Waals surface area contributed by atoms with Crippen LogP contribution in [0.3, 0.4) is 0 Å². The molecule has 0 aliphatic heterocycles. The summed E-state index contributed by atoms with van der Waals surface area (Å²) in [6.07, 6.45) is 3.61. The predicted octanol–water partition coefficient (Wildman–Crippen LogP) is 4.26. The highest BCUT2D eigenvalue weighted by molar-refractivity contribution is 6.30. The number of rotatable bonds is 6. The van der Waals surface area contributed by atoms with E-state index in [0.29, 0.717) is 34.5 Å². The molecule has 0 radical (unpaired) electrons. The van der Waals surface area contributed by atoms with Gasteiger partial charge < -0.3 is 10.1 Å². The molecule has 1 aliphatic rings. The minimum Gasteiger partial charge on any atom is -0.489 e. The van der Waals surface area contributed by atoms with E-state index in [1.54, 1.807) is 31.3 Å². The maximum absolute atomic E-state index is 13.9. The van der Waals surface area contributed by atoms with Crippen molar-refractivity contribution in [2.24, 2.45) is 5.92 Å². The molecule has 0 saturated heterocycles. The lowest BCUT2D eigenvalue weighted by Gasteiger charge is -2.19. The van der Waals surface area contributed by atoms with Crippen molar-refractivity contribution in [1.82, 2.24) is 15.0 Å². The molecule has 4 rings (SSSR count). The smallest absolute Gasteiger partial charge is 0.229 e. The maximum atomic E-state index is 13.9. The van der Waals surface area contributed by atoms with Gasteiger partial charge in [0, 0.05) is 11.6 Å². The monoisotopic (exact) mass is 426 g/mol.